The van der Waals surface area contributed by atoms with E-state index in [4.69, 9.17) is 19.3 Å². The lowest BCUT2D eigenvalue weighted by Crippen LogP contribution is -2.49. The molecular formula is C32H38N4O5. The van der Waals surface area contributed by atoms with Gasteiger partial charge in [0.2, 0.25) is 5.88 Å². The number of nitrogens with zero attached hydrogens (tertiary/aromatic N) is 4. The number of carbonyl (C=O) groups excluding carboxylic acids is 2. The Hall–Kier alpha value is -4.01. The number of hydrogen-bond acceptors (Lipinski definition) is 6. The number of carbonyl (C=O) groups is 2. The molecule has 0 N–H and O–H groups in total. The summed E-state index contributed by atoms with van der Waals surface area (Å²) >= 11 is 0. The fraction of sp³-hybridized carbons (Fsp3) is 0.469. The van der Waals surface area contributed by atoms with Gasteiger partial charge in [0.1, 0.15) is 18.8 Å². The standard InChI is InChI=1S/C32H38N4O5/c1-32(2,3)41-31(38)35-17-16-26-28-27(35)20-34(30(37)40-21-22-8-5-4-6-9-22)18-19-39-29(28)33-36(26)25-14-12-24(13-15-25)23-10-7-11-23/h4-6,8-9,12-15,23,27H,7,10-11,16-21H2,1-3H3. The third kappa shape index (κ3) is 5.76. The summed E-state index contributed by atoms with van der Waals surface area (Å²) in [6.45, 7) is 6.99. The lowest BCUT2D eigenvalue weighted by Gasteiger charge is -2.40. The Balaban J connectivity index is 1.31. The number of amides is 2. The van der Waals surface area contributed by atoms with Crippen LogP contribution in [0.3, 0.4) is 0 Å². The highest BCUT2D eigenvalue weighted by molar-refractivity contribution is 5.71. The molecule has 216 valence electrons. The van der Waals surface area contributed by atoms with Crippen LogP contribution in [0.5, 0.6) is 5.88 Å². The van der Waals surface area contributed by atoms with Gasteiger partial charge in [-0.25, -0.2) is 14.3 Å². The van der Waals surface area contributed by atoms with Crippen LogP contribution in [0.2, 0.25) is 0 Å². The molecule has 2 amide bonds. The highest BCUT2D eigenvalue weighted by atomic mass is 16.6. The van der Waals surface area contributed by atoms with Crippen molar-refractivity contribution in [3.05, 3.63) is 77.0 Å². The Kier molecular flexibility index (Phi) is 7.36. The zero-order valence-electron chi connectivity index (χ0n) is 24.0. The van der Waals surface area contributed by atoms with Gasteiger partial charge in [0.15, 0.2) is 0 Å². The number of hydrogen-bond donors (Lipinski definition) is 0. The van der Waals surface area contributed by atoms with E-state index in [0.717, 1.165) is 22.5 Å². The number of benzene rings is 2. The average molecular weight is 559 g/mol. The van der Waals surface area contributed by atoms with Gasteiger partial charge < -0.3 is 19.1 Å². The first-order valence-corrected chi connectivity index (χ1v) is 14.6. The Morgan fingerprint density at radius 3 is 2.44 bits per heavy atom. The fourth-order valence-corrected chi connectivity index (χ4v) is 5.76. The minimum atomic E-state index is -0.654. The first-order valence-electron chi connectivity index (χ1n) is 14.6. The average Bonchev–Trinajstić information content (AvgIpc) is 3.27. The van der Waals surface area contributed by atoms with Gasteiger partial charge >= 0.3 is 12.2 Å². The van der Waals surface area contributed by atoms with E-state index >= 15 is 0 Å². The molecule has 2 aromatic carbocycles. The van der Waals surface area contributed by atoms with Crippen LogP contribution in [0.25, 0.3) is 5.69 Å². The van der Waals surface area contributed by atoms with Crippen molar-refractivity contribution in [1.29, 1.82) is 0 Å². The van der Waals surface area contributed by atoms with E-state index in [1.807, 2.05) is 55.8 Å². The van der Waals surface area contributed by atoms with Crippen LogP contribution in [0.15, 0.2) is 54.6 Å². The summed E-state index contributed by atoms with van der Waals surface area (Å²) in [5.41, 5.74) is 4.40. The van der Waals surface area contributed by atoms with Gasteiger partial charge in [0.05, 0.1) is 29.5 Å². The quantitative estimate of drug-likeness (QED) is 0.390. The molecule has 3 aromatic rings. The molecule has 3 heterocycles. The van der Waals surface area contributed by atoms with E-state index in [0.29, 0.717) is 31.3 Å². The van der Waals surface area contributed by atoms with E-state index in [2.05, 4.69) is 24.3 Å². The normalized spacial score (nSPS) is 18.9. The molecule has 1 saturated carbocycles. The summed E-state index contributed by atoms with van der Waals surface area (Å²) in [5, 5.41) is 4.89. The van der Waals surface area contributed by atoms with Crippen LogP contribution in [-0.4, -0.2) is 63.6 Å². The molecule has 0 saturated heterocycles. The first kappa shape index (κ1) is 27.2. The molecule has 0 spiro atoms. The van der Waals surface area contributed by atoms with Gasteiger partial charge in [-0.3, -0.25) is 4.90 Å². The molecule has 0 bridgehead atoms. The summed E-state index contributed by atoms with van der Waals surface area (Å²) in [4.78, 5) is 30.0. The van der Waals surface area contributed by atoms with E-state index < -0.39 is 23.8 Å². The van der Waals surface area contributed by atoms with E-state index in [1.54, 1.807) is 9.80 Å². The second kappa shape index (κ2) is 11.1. The lowest BCUT2D eigenvalue weighted by atomic mass is 9.80. The van der Waals surface area contributed by atoms with Gasteiger partial charge in [-0.05, 0) is 62.8 Å². The third-order valence-electron chi connectivity index (χ3n) is 8.09. The molecule has 1 aliphatic carbocycles. The molecule has 3 aliphatic rings. The maximum atomic E-state index is 13.4. The molecule has 1 atom stereocenters. The topological polar surface area (TPSA) is 86.1 Å². The van der Waals surface area contributed by atoms with Crippen LogP contribution in [0.4, 0.5) is 9.59 Å². The molecule has 0 radical (unpaired) electrons. The predicted molar refractivity (Wildman–Crippen MR) is 153 cm³/mol. The van der Waals surface area contributed by atoms with Crippen molar-refractivity contribution >= 4 is 12.2 Å². The number of rotatable bonds is 4. The highest BCUT2D eigenvalue weighted by Gasteiger charge is 2.42. The van der Waals surface area contributed by atoms with Crippen molar-refractivity contribution in [2.24, 2.45) is 0 Å². The van der Waals surface area contributed by atoms with E-state index in [-0.39, 0.29) is 19.8 Å². The van der Waals surface area contributed by atoms with Crippen molar-refractivity contribution < 1.29 is 23.8 Å². The molecule has 9 nitrogen and oxygen atoms in total. The van der Waals surface area contributed by atoms with Gasteiger partial charge in [-0.15, -0.1) is 5.10 Å². The fourth-order valence-electron chi connectivity index (χ4n) is 5.76. The molecule has 1 aromatic heterocycles. The first-order chi connectivity index (χ1) is 19.8. The third-order valence-corrected chi connectivity index (χ3v) is 8.09. The smallest absolute Gasteiger partial charge is 0.410 e. The zero-order valence-corrected chi connectivity index (χ0v) is 24.0. The largest absolute Gasteiger partial charge is 0.474 e. The molecule has 1 fully saturated rings. The van der Waals surface area contributed by atoms with E-state index in [9.17, 15) is 9.59 Å². The van der Waals surface area contributed by atoms with E-state index in [1.165, 1.54) is 24.8 Å². The van der Waals surface area contributed by atoms with Crippen LogP contribution in [0, 0.1) is 0 Å². The van der Waals surface area contributed by atoms with Gasteiger partial charge in [0.25, 0.3) is 0 Å². The highest BCUT2D eigenvalue weighted by Crippen LogP contribution is 2.41. The molecule has 9 heteroatoms. The van der Waals surface area contributed by atoms with Gasteiger partial charge in [-0.1, -0.05) is 48.9 Å². The summed E-state index contributed by atoms with van der Waals surface area (Å²) in [6.07, 6.45) is 3.52. The van der Waals surface area contributed by atoms with Crippen molar-refractivity contribution in [3.8, 4) is 11.6 Å². The Bertz CT molecular complexity index is 1390. The Labute approximate surface area is 241 Å². The Morgan fingerprint density at radius 2 is 1.76 bits per heavy atom. The number of aromatic nitrogens is 2. The van der Waals surface area contributed by atoms with Crippen LogP contribution < -0.4 is 4.74 Å². The van der Waals surface area contributed by atoms with Crippen LogP contribution in [0.1, 0.15) is 74.4 Å². The van der Waals surface area contributed by atoms with Gasteiger partial charge in [-0.2, -0.15) is 0 Å². The molecule has 41 heavy (non-hydrogen) atoms. The van der Waals surface area contributed by atoms with Crippen molar-refractivity contribution in [2.75, 3.05) is 26.2 Å². The van der Waals surface area contributed by atoms with Crippen molar-refractivity contribution in [1.82, 2.24) is 19.6 Å². The summed E-state index contributed by atoms with van der Waals surface area (Å²) in [7, 11) is 0. The molecule has 1 unspecified atom stereocenters. The van der Waals surface area contributed by atoms with Crippen LogP contribution >= 0.6 is 0 Å². The van der Waals surface area contributed by atoms with Gasteiger partial charge in [0, 0.05) is 19.5 Å². The number of ether oxygens (including phenoxy) is 3. The summed E-state index contributed by atoms with van der Waals surface area (Å²) in [5.74, 6) is 1.15. The summed E-state index contributed by atoms with van der Waals surface area (Å²) in [6, 6.07) is 17.7. The minimum Gasteiger partial charge on any atom is -0.474 e. The maximum Gasteiger partial charge on any atom is 0.410 e. The predicted octanol–water partition coefficient (Wildman–Crippen LogP) is 6.01. The Morgan fingerprint density at radius 1 is 1.00 bits per heavy atom. The van der Waals surface area contributed by atoms with Crippen LogP contribution in [-0.2, 0) is 22.5 Å². The summed E-state index contributed by atoms with van der Waals surface area (Å²) < 4.78 is 19.6. The lowest BCUT2D eigenvalue weighted by molar-refractivity contribution is 0.00636. The zero-order chi connectivity index (χ0) is 28.6. The minimum absolute atomic E-state index is 0.169. The molecule has 2 aliphatic heterocycles. The van der Waals surface area contributed by atoms with Crippen molar-refractivity contribution in [2.45, 2.75) is 70.6 Å². The molecular weight excluding hydrogens is 520 g/mol. The SMILES string of the molecule is CC(C)(C)OC(=O)N1CCc2c3c(nn2-c2ccc(C4CCC4)cc2)OCCN(C(=O)OCc2ccccc2)CC31. The molecule has 6 rings (SSSR count). The monoisotopic (exact) mass is 558 g/mol. The second-order valence-electron chi connectivity index (χ2n) is 12.1. The maximum absolute atomic E-state index is 13.4. The van der Waals surface area contributed by atoms with Crippen molar-refractivity contribution in [3.63, 3.8) is 0 Å². The second-order valence-corrected chi connectivity index (χ2v) is 12.1.